The van der Waals surface area contributed by atoms with E-state index in [4.69, 9.17) is 38.5 Å². The molecule has 0 spiro atoms. The van der Waals surface area contributed by atoms with Crippen molar-refractivity contribution < 1.29 is 52.5 Å². The molecule has 5 aromatic rings. The standard InChI is InChI=1S/C67H77N7O11S2/c1-8-25-81-27-28-82-26-24-71(23-13-19-62(75)70(6)43-67(4,5)87-86-29-14-20-64(77)85-74-45(3)21-22-63(74)76)50-32-46(41-83-59-37-55-53(30-44(59)2)65(78)72-51(39-68-55)34-48-15-9-11-17-57(48)72)31-47(33-50)42-84-61-38-56-54(36-60(61)80-7)66(79)73-52(40-69-56)35-49-16-10-12-18-58(49)73/h9-12,15-18,30-33,36-40,51-52H,3,8,13-14,19-29,34-35,41-43H2,1-2,4-7H3/t51-,52-/m0/s1. The van der Waals surface area contributed by atoms with Crippen molar-refractivity contribution >= 4 is 92.1 Å². The van der Waals surface area contributed by atoms with Crippen LogP contribution in [-0.2, 0) is 54.8 Å². The maximum Gasteiger partial charge on any atom is 0.333 e. The summed E-state index contributed by atoms with van der Waals surface area (Å²) in [4.78, 5) is 89.4. The van der Waals surface area contributed by atoms with E-state index in [0.29, 0.717) is 142 Å². The fourth-order valence-corrected chi connectivity index (χ4v) is 14.1. The Morgan fingerprint density at radius 3 is 1.95 bits per heavy atom. The van der Waals surface area contributed by atoms with Crippen molar-refractivity contribution in [3.8, 4) is 17.2 Å². The molecular weight excluding hydrogens is 1140 g/mol. The molecule has 1 saturated heterocycles. The lowest BCUT2D eigenvalue weighted by atomic mass is 10.1. The molecule has 0 saturated carbocycles. The Morgan fingerprint density at radius 1 is 0.724 bits per heavy atom. The van der Waals surface area contributed by atoms with Gasteiger partial charge in [-0.25, -0.2) is 4.79 Å². The number of ether oxygens (including phenoxy) is 5. The van der Waals surface area contributed by atoms with Crippen LogP contribution >= 0.6 is 21.6 Å². The van der Waals surface area contributed by atoms with Gasteiger partial charge in [0.1, 0.15) is 19.0 Å². The fourth-order valence-electron chi connectivity index (χ4n) is 11.5. The minimum absolute atomic E-state index is 0.0216. The molecule has 10 rings (SSSR count). The predicted molar refractivity (Wildman–Crippen MR) is 343 cm³/mol. The second kappa shape index (κ2) is 28.5. The van der Waals surface area contributed by atoms with Crippen molar-refractivity contribution in [2.45, 2.75) is 116 Å². The number of fused-ring (bicyclic) bond motifs is 8. The summed E-state index contributed by atoms with van der Waals surface area (Å²) in [6, 6.07) is 28.9. The lowest BCUT2D eigenvalue weighted by molar-refractivity contribution is -0.186. The molecule has 5 aromatic carbocycles. The Bertz CT molecular complexity index is 3450. The number of anilines is 3. The van der Waals surface area contributed by atoms with Gasteiger partial charge in [0.15, 0.2) is 11.5 Å². The van der Waals surface area contributed by atoms with E-state index in [1.165, 1.54) is 0 Å². The Balaban J connectivity index is 0.853. The summed E-state index contributed by atoms with van der Waals surface area (Å²) in [5, 5.41) is 1.02. The van der Waals surface area contributed by atoms with Gasteiger partial charge in [0.25, 0.3) is 17.7 Å². The quantitative estimate of drug-likeness (QED) is 0.0326. The van der Waals surface area contributed by atoms with Gasteiger partial charge in [-0.1, -0.05) is 71.5 Å². The molecule has 0 unspecified atom stereocenters. The van der Waals surface area contributed by atoms with Gasteiger partial charge >= 0.3 is 5.97 Å². The molecule has 0 aliphatic carbocycles. The largest absolute Gasteiger partial charge is 0.493 e. The first-order chi connectivity index (χ1) is 42.1. The molecule has 20 heteroatoms. The minimum Gasteiger partial charge on any atom is -0.493 e. The summed E-state index contributed by atoms with van der Waals surface area (Å²) in [5.74, 6) is 1.15. The van der Waals surface area contributed by atoms with Crippen LogP contribution in [0.1, 0.15) is 114 Å². The number of nitrogens with zero attached hydrogens (tertiary/aromatic N) is 7. The molecule has 18 nitrogen and oxygen atoms in total. The van der Waals surface area contributed by atoms with Crippen LogP contribution in [0.25, 0.3) is 0 Å². The smallest absolute Gasteiger partial charge is 0.333 e. The molecule has 458 valence electrons. The molecule has 4 amide bonds. The average Bonchev–Trinajstić information content (AvgIpc) is 2.00. The van der Waals surface area contributed by atoms with Gasteiger partial charge in [-0.3, -0.25) is 39.0 Å². The predicted octanol–water partition coefficient (Wildman–Crippen LogP) is 11.8. The maximum absolute atomic E-state index is 14.3. The molecule has 5 heterocycles. The van der Waals surface area contributed by atoms with Crippen LogP contribution in [0.15, 0.2) is 113 Å². The van der Waals surface area contributed by atoms with Crippen LogP contribution in [0.4, 0.5) is 28.4 Å². The first kappa shape index (κ1) is 62.4. The molecule has 5 aliphatic heterocycles. The zero-order chi connectivity index (χ0) is 61.2. The third-order valence-electron chi connectivity index (χ3n) is 15.8. The van der Waals surface area contributed by atoms with Gasteiger partial charge in [0, 0.05) is 118 Å². The third kappa shape index (κ3) is 15.0. The molecular formula is C67H77N7O11S2. The van der Waals surface area contributed by atoms with E-state index in [0.717, 1.165) is 56.4 Å². The molecule has 0 aromatic heterocycles. The fraction of sp³-hybridized carbons (Fsp3) is 0.418. The molecule has 0 bridgehead atoms. The number of amides is 4. The number of hydrogen-bond acceptors (Lipinski definition) is 16. The summed E-state index contributed by atoms with van der Waals surface area (Å²) in [5.41, 5.74) is 9.80. The summed E-state index contributed by atoms with van der Waals surface area (Å²) >= 11 is 0. The van der Waals surface area contributed by atoms with Crippen LogP contribution in [-0.4, -0.2) is 135 Å². The average molecular weight is 1220 g/mol. The van der Waals surface area contributed by atoms with Gasteiger partial charge in [0.05, 0.1) is 67.2 Å². The molecule has 0 N–H and O–H groups in total. The third-order valence-corrected chi connectivity index (χ3v) is 19.1. The van der Waals surface area contributed by atoms with Crippen molar-refractivity contribution in [2.24, 2.45) is 9.98 Å². The number of carbonyl (C=O) groups excluding carboxylic acids is 5. The number of aliphatic imine (C=N–C) groups is 2. The number of aryl methyl sites for hydroxylation is 1. The monoisotopic (exact) mass is 1220 g/mol. The highest BCUT2D eigenvalue weighted by Crippen LogP contribution is 2.43. The zero-order valence-corrected chi connectivity index (χ0v) is 52.2. The van der Waals surface area contributed by atoms with Gasteiger partial charge in [-0.2, -0.15) is 0 Å². The lowest BCUT2D eigenvalue weighted by Crippen LogP contribution is -2.38. The highest BCUT2D eigenvalue weighted by atomic mass is 33.1. The highest BCUT2D eigenvalue weighted by Gasteiger charge is 2.38. The number of benzene rings is 5. The number of methoxy groups -OCH3 is 1. The van der Waals surface area contributed by atoms with E-state index < -0.39 is 5.97 Å². The first-order valence-corrected chi connectivity index (χ1v) is 32.2. The van der Waals surface area contributed by atoms with Crippen molar-refractivity contribution in [3.05, 3.63) is 142 Å². The Labute approximate surface area is 517 Å². The summed E-state index contributed by atoms with van der Waals surface area (Å²) in [6.07, 6.45) is 8.38. The summed E-state index contributed by atoms with van der Waals surface area (Å²) in [6.45, 7) is 15.8. The van der Waals surface area contributed by atoms with Crippen LogP contribution in [0, 0.1) is 6.92 Å². The molecule has 1 fully saturated rings. The zero-order valence-electron chi connectivity index (χ0n) is 50.5. The lowest BCUT2D eigenvalue weighted by Gasteiger charge is -2.30. The van der Waals surface area contributed by atoms with Gasteiger partial charge in [0.2, 0.25) is 5.91 Å². The van der Waals surface area contributed by atoms with E-state index in [2.05, 4.69) is 50.4 Å². The second-order valence-corrected chi connectivity index (χ2v) is 26.1. The van der Waals surface area contributed by atoms with Crippen molar-refractivity contribution in [1.82, 2.24) is 9.96 Å². The highest BCUT2D eigenvalue weighted by molar-refractivity contribution is 8.77. The van der Waals surface area contributed by atoms with Crippen molar-refractivity contribution in [2.75, 3.05) is 80.7 Å². The first-order valence-electron chi connectivity index (χ1n) is 29.9. The Morgan fingerprint density at radius 2 is 1.33 bits per heavy atom. The summed E-state index contributed by atoms with van der Waals surface area (Å²) in [7, 11) is 6.70. The van der Waals surface area contributed by atoms with E-state index in [-0.39, 0.29) is 60.1 Å². The number of para-hydroxylation sites is 2. The van der Waals surface area contributed by atoms with E-state index >= 15 is 0 Å². The van der Waals surface area contributed by atoms with Crippen LogP contribution in [0.3, 0.4) is 0 Å². The molecule has 5 aliphatic rings. The molecule has 0 radical (unpaired) electrons. The Hall–Kier alpha value is -7.65. The van der Waals surface area contributed by atoms with E-state index in [9.17, 15) is 24.0 Å². The number of rotatable bonds is 29. The van der Waals surface area contributed by atoms with E-state index in [1.54, 1.807) is 45.7 Å². The number of hydrogen-bond donors (Lipinski definition) is 0. The van der Waals surface area contributed by atoms with Crippen molar-refractivity contribution in [3.63, 3.8) is 0 Å². The maximum atomic E-state index is 14.3. The van der Waals surface area contributed by atoms with Crippen LogP contribution in [0.2, 0.25) is 0 Å². The van der Waals surface area contributed by atoms with Gasteiger partial charge < -0.3 is 38.3 Å². The molecule has 2 atom stereocenters. The van der Waals surface area contributed by atoms with Gasteiger partial charge in [-0.05, 0) is 117 Å². The van der Waals surface area contributed by atoms with Gasteiger partial charge in [-0.15, -0.1) is 5.06 Å². The number of allylic oxidation sites excluding steroid dienone is 1. The summed E-state index contributed by atoms with van der Waals surface area (Å²) < 4.78 is 30.8. The number of carbonyl (C=O) groups is 5. The normalized spacial score (nSPS) is 16.4. The van der Waals surface area contributed by atoms with E-state index in [1.807, 2.05) is 96.9 Å². The minimum atomic E-state index is -0.460. The number of hydroxylamine groups is 2. The SMILES string of the molecule is C=C1CCC(=O)N1OC(=O)CCCSSC(C)(C)CN(C)C(=O)CCCN(CCOCCOCCC)c1cc(COc2cc3c(cc2C)C(=O)N2c4ccccc4C[C@H]2C=N3)cc(COc2cc3c(cc2OC)C(=O)N2c4ccccc4C[C@H]2C=N3)c1. The van der Waals surface area contributed by atoms with Crippen molar-refractivity contribution in [1.29, 1.82) is 0 Å². The topological polar surface area (TPSA) is 182 Å². The second-order valence-electron chi connectivity index (χ2n) is 23.0. The molecule has 87 heavy (non-hydrogen) atoms. The van der Waals surface area contributed by atoms with Crippen LogP contribution in [0.5, 0.6) is 17.2 Å². The Kier molecular flexibility index (Phi) is 20.4. The van der Waals surface area contributed by atoms with Crippen LogP contribution < -0.4 is 28.9 Å².